The molecular formula is C19H20ClN3O3S3. The molecule has 0 spiro atoms. The molecule has 10 heteroatoms. The Kier molecular flexibility index (Phi) is 8.02. The minimum absolute atomic E-state index is 0.134. The molecule has 154 valence electrons. The smallest absolute Gasteiger partial charge is 0.276 e. The molecule has 1 atom stereocenters. The first kappa shape index (κ1) is 22.2. The number of halogens is 1. The Bertz CT molecular complexity index is 1010. The highest BCUT2D eigenvalue weighted by molar-refractivity contribution is 7.98. The van der Waals surface area contributed by atoms with E-state index < -0.39 is 16.1 Å². The molecule has 3 aromatic rings. The highest BCUT2D eigenvalue weighted by Crippen LogP contribution is 2.26. The van der Waals surface area contributed by atoms with Gasteiger partial charge in [0, 0.05) is 10.8 Å². The van der Waals surface area contributed by atoms with Crippen molar-refractivity contribution in [2.75, 3.05) is 12.0 Å². The van der Waals surface area contributed by atoms with Crippen LogP contribution >= 0.6 is 35.1 Å². The summed E-state index contributed by atoms with van der Waals surface area (Å²) >= 11 is 8.88. The maximum Gasteiger partial charge on any atom is 0.276 e. The van der Waals surface area contributed by atoms with E-state index >= 15 is 0 Å². The Labute approximate surface area is 183 Å². The molecule has 1 unspecified atom stereocenters. The van der Waals surface area contributed by atoms with Crippen molar-refractivity contribution in [2.45, 2.75) is 28.3 Å². The summed E-state index contributed by atoms with van der Waals surface area (Å²) in [7, 11) is -3.75. The Morgan fingerprint density at radius 1 is 1.10 bits per heavy atom. The predicted octanol–water partition coefficient (Wildman–Crippen LogP) is 4.79. The lowest BCUT2D eigenvalue weighted by Gasteiger charge is -2.15. The zero-order chi connectivity index (χ0) is 20.7. The Balaban J connectivity index is 1.73. The Morgan fingerprint density at radius 2 is 1.83 bits per heavy atom. The van der Waals surface area contributed by atoms with Gasteiger partial charge in [0.15, 0.2) is 0 Å². The lowest BCUT2D eigenvalue weighted by Crippen LogP contribution is -2.29. The number of aromatic nitrogens is 2. The van der Waals surface area contributed by atoms with Crippen LogP contribution < -0.4 is 4.72 Å². The van der Waals surface area contributed by atoms with Gasteiger partial charge in [0.05, 0.1) is 4.90 Å². The van der Waals surface area contributed by atoms with E-state index in [-0.39, 0.29) is 10.8 Å². The molecule has 0 aliphatic carbocycles. The number of benzene rings is 2. The molecule has 0 aliphatic rings. The summed E-state index contributed by atoms with van der Waals surface area (Å²) in [5, 5.41) is 9.02. The van der Waals surface area contributed by atoms with Crippen LogP contribution in [0.3, 0.4) is 0 Å². The minimum atomic E-state index is -3.75. The van der Waals surface area contributed by atoms with Crippen LogP contribution in [0, 0.1) is 0 Å². The van der Waals surface area contributed by atoms with Gasteiger partial charge in [-0.2, -0.15) is 16.5 Å². The van der Waals surface area contributed by atoms with Crippen molar-refractivity contribution >= 4 is 45.1 Å². The second-order valence-corrected chi connectivity index (χ2v) is 10.2. The summed E-state index contributed by atoms with van der Waals surface area (Å²) in [6, 6.07) is 15.3. The summed E-state index contributed by atoms with van der Waals surface area (Å²) in [5.41, 5.74) is 1.14. The van der Waals surface area contributed by atoms with Gasteiger partial charge >= 0.3 is 0 Å². The highest BCUT2D eigenvalue weighted by atomic mass is 35.5. The molecule has 0 saturated heterocycles. The van der Waals surface area contributed by atoms with E-state index in [9.17, 15) is 8.42 Å². The van der Waals surface area contributed by atoms with Crippen LogP contribution in [0.5, 0.6) is 0 Å². The van der Waals surface area contributed by atoms with Gasteiger partial charge in [-0.05, 0) is 48.3 Å². The lowest BCUT2D eigenvalue weighted by molar-refractivity contribution is 0.371. The van der Waals surface area contributed by atoms with Gasteiger partial charge in [0.2, 0.25) is 15.9 Å². The van der Waals surface area contributed by atoms with E-state index in [0.29, 0.717) is 22.4 Å². The first-order chi connectivity index (χ1) is 14.0. The van der Waals surface area contributed by atoms with Gasteiger partial charge in [0.25, 0.3) is 5.22 Å². The average molecular weight is 470 g/mol. The fraction of sp³-hybridized carbons (Fsp3) is 0.263. The summed E-state index contributed by atoms with van der Waals surface area (Å²) in [4.78, 5) is 0.134. The lowest BCUT2D eigenvalue weighted by atomic mass is 10.2. The molecule has 0 amide bonds. The Hall–Kier alpha value is -1.52. The van der Waals surface area contributed by atoms with Gasteiger partial charge in [-0.15, -0.1) is 10.2 Å². The van der Waals surface area contributed by atoms with Crippen LogP contribution in [0.2, 0.25) is 5.02 Å². The number of nitrogens with one attached hydrogen (secondary N) is 1. The molecule has 3 rings (SSSR count). The topological polar surface area (TPSA) is 85.1 Å². The van der Waals surface area contributed by atoms with Gasteiger partial charge < -0.3 is 4.42 Å². The molecule has 0 fully saturated rings. The largest absolute Gasteiger partial charge is 0.414 e. The fourth-order valence-corrected chi connectivity index (χ4v) is 5.02. The van der Waals surface area contributed by atoms with Gasteiger partial charge in [0.1, 0.15) is 6.04 Å². The van der Waals surface area contributed by atoms with Crippen LogP contribution in [-0.2, 0) is 15.8 Å². The summed E-state index contributed by atoms with van der Waals surface area (Å²) < 4.78 is 33.9. The second-order valence-electron chi connectivity index (χ2n) is 6.09. The summed E-state index contributed by atoms with van der Waals surface area (Å²) in [6.45, 7) is 0. The molecule has 1 heterocycles. The van der Waals surface area contributed by atoms with Crippen LogP contribution in [0.15, 0.2) is 69.1 Å². The Morgan fingerprint density at radius 3 is 2.52 bits per heavy atom. The van der Waals surface area contributed by atoms with E-state index in [0.717, 1.165) is 11.3 Å². The van der Waals surface area contributed by atoms with Crippen molar-refractivity contribution < 1.29 is 12.8 Å². The molecule has 1 aromatic heterocycles. The maximum atomic E-state index is 12.8. The normalized spacial score (nSPS) is 12.8. The first-order valence-electron chi connectivity index (χ1n) is 8.75. The molecule has 0 bridgehead atoms. The van der Waals surface area contributed by atoms with Gasteiger partial charge in [-0.3, -0.25) is 0 Å². The molecule has 0 saturated carbocycles. The third-order valence-electron chi connectivity index (χ3n) is 3.96. The molecule has 29 heavy (non-hydrogen) atoms. The van der Waals surface area contributed by atoms with Gasteiger partial charge in [-0.1, -0.05) is 53.7 Å². The van der Waals surface area contributed by atoms with Crippen LogP contribution in [0.4, 0.5) is 0 Å². The molecule has 1 N–H and O–H groups in total. The van der Waals surface area contributed by atoms with Crippen molar-refractivity contribution in [1.29, 1.82) is 0 Å². The molecule has 6 nitrogen and oxygen atoms in total. The summed E-state index contributed by atoms with van der Waals surface area (Å²) in [6.07, 6.45) is 2.48. The van der Waals surface area contributed by atoms with Crippen LogP contribution in [-0.4, -0.2) is 30.6 Å². The molecule has 0 radical (unpaired) electrons. The average Bonchev–Trinajstić information content (AvgIpc) is 3.19. The second kappa shape index (κ2) is 10.5. The first-order valence-corrected chi connectivity index (χ1v) is 13.0. The van der Waals surface area contributed by atoms with E-state index in [1.807, 2.05) is 36.6 Å². The number of nitrogens with zero attached hydrogens (tertiary/aromatic N) is 2. The van der Waals surface area contributed by atoms with Crippen molar-refractivity contribution in [3.05, 3.63) is 71.1 Å². The molecular weight excluding hydrogens is 450 g/mol. The summed E-state index contributed by atoms with van der Waals surface area (Å²) in [5.74, 6) is 1.68. The van der Waals surface area contributed by atoms with E-state index in [1.165, 1.54) is 36.0 Å². The zero-order valence-corrected chi connectivity index (χ0v) is 18.8. The third kappa shape index (κ3) is 6.48. The van der Waals surface area contributed by atoms with Gasteiger partial charge in [-0.25, -0.2) is 8.42 Å². The predicted molar refractivity (Wildman–Crippen MR) is 118 cm³/mol. The van der Waals surface area contributed by atoms with Crippen molar-refractivity contribution in [1.82, 2.24) is 14.9 Å². The number of rotatable bonds is 10. The van der Waals surface area contributed by atoms with E-state index in [1.54, 1.807) is 11.8 Å². The van der Waals surface area contributed by atoms with Crippen LogP contribution in [0.1, 0.15) is 23.9 Å². The molecule has 0 aliphatic heterocycles. The highest BCUT2D eigenvalue weighted by Gasteiger charge is 2.25. The number of thioether (sulfide) groups is 2. The van der Waals surface area contributed by atoms with E-state index in [4.69, 9.17) is 16.0 Å². The quantitative estimate of drug-likeness (QED) is 0.427. The number of sulfonamides is 1. The van der Waals surface area contributed by atoms with Crippen LogP contribution in [0.25, 0.3) is 0 Å². The fourth-order valence-electron chi connectivity index (χ4n) is 2.48. The SMILES string of the molecule is CSCCC(NS(=O)(=O)c1ccc(Cl)cc1)c1nnc(SCc2ccccc2)o1. The van der Waals surface area contributed by atoms with Crippen molar-refractivity contribution in [3.8, 4) is 0 Å². The van der Waals surface area contributed by atoms with Crippen molar-refractivity contribution in [3.63, 3.8) is 0 Å². The molecule has 2 aromatic carbocycles. The number of hydrogen-bond acceptors (Lipinski definition) is 7. The van der Waals surface area contributed by atoms with E-state index in [2.05, 4.69) is 14.9 Å². The minimum Gasteiger partial charge on any atom is -0.414 e. The van der Waals surface area contributed by atoms with Crippen molar-refractivity contribution in [2.24, 2.45) is 0 Å². The number of hydrogen-bond donors (Lipinski definition) is 1. The maximum absolute atomic E-state index is 12.8. The zero-order valence-electron chi connectivity index (χ0n) is 15.6. The third-order valence-corrected chi connectivity index (χ3v) is 7.23. The monoisotopic (exact) mass is 469 g/mol. The standard InChI is InChI=1S/C19H20ClN3O3S3/c1-27-12-11-17(23-29(24,25)16-9-7-15(20)8-10-16)18-21-22-19(26-18)28-13-14-5-3-2-4-6-14/h2-10,17,23H,11-13H2,1H3.